The third kappa shape index (κ3) is 2.77. The molecule has 2 rings (SSSR count). The summed E-state index contributed by atoms with van der Waals surface area (Å²) in [6.45, 7) is 6.68. The first-order valence-corrected chi connectivity index (χ1v) is 6.70. The molecule has 0 bridgehead atoms. The van der Waals surface area contributed by atoms with Gasteiger partial charge in [0.05, 0.1) is 34.3 Å². The van der Waals surface area contributed by atoms with Gasteiger partial charge in [0.1, 0.15) is 0 Å². The van der Waals surface area contributed by atoms with Gasteiger partial charge in [-0.3, -0.25) is 4.68 Å². The van der Waals surface area contributed by atoms with Gasteiger partial charge in [-0.2, -0.15) is 15.3 Å². The maximum atomic E-state index is 6.35. The van der Waals surface area contributed by atoms with E-state index in [-0.39, 0.29) is 6.04 Å². The summed E-state index contributed by atoms with van der Waals surface area (Å²) < 4.78 is 1.86. The highest BCUT2D eigenvalue weighted by atomic mass is 35.5. The molecule has 0 radical (unpaired) electrons. The standard InChI is InChI=1S/C13H18ClN5/c1-4-5-19-13(11(14)7-16-19)12(15)10-6-8(2)17-18-9(10)3/h6-7,12H,4-5,15H2,1-3H3. The Kier molecular flexibility index (Phi) is 4.17. The molecule has 2 aromatic heterocycles. The zero-order valence-electron chi connectivity index (χ0n) is 11.4. The van der Waals surface area contributed by atoms with Crippen LogP contribution in [-0.4, -0.2) is 20.0 Å². The zero-order chi connectivity index (χ0) is 14.0. The van der Waals surface area contributed by atoms with Gasteiger partial charge in [-0.25, -0.2) is 0 Å². The van der Waals surface area contributed by atoms with Crippen molar-refractivity contribution >= 4 is 11.6 Å². The number of nitrogens with zero attached hydrogens (tertiary/aromatic N) is 4. The number of aryl methyl sites for hydroxylation is 3. The lowest BCUT2D eigenvalue weighted by molar-refractivity contribution is 0.558. The molecule has 102 valence electrons. The topological polar surface area (TPSA) is 69.6 Å². The Morgan fingerprint density at radius 1 is 1.37 bits per heavy atom. The molecule has 0 saturated carbocycles. The van der Waals surface area contributed by atoms with E-state index in [4.69, 9.17) is 17.3 Å². The fraction of sp³-hybridized carbons (Fsp3) is 0.462. The quantitative estimate of drug-likeness (QED) is 0.933. The van der Waals surface area contributed by atoms with Crippen molar-refractivity contribution < 1.29 is 0 Å². The van der Waals surface area contributed by atoms with Crippen molar-refractivity contribution in [2.75, 3.05) is 0 Å². The molecular formula is C13H18ClN5. The first-order chi connectivity index (χ1) is 9.04. The second-order valence-electron chi connectivity index (χ2n) is 4.61. The lowest BCUT2D eigenvalue weighted by atomic mass is 10.0. The van der Waals surface area contributed by atoms with Crippen molar-refractivity contribution in [1.82, 2.24) is 20.0 Å². The molecule has 0 aromatic carbocycles. The number of hydrogen-bond acceptors (Lipinski definition) is 4. The maximum Gasteiger partial charge on any atom is 0.0837 e. The summed E-state index contributed by atoms with van der Waals surface area (Å²) in [5.41, 5.74) is 9.78. The molecule has 1 unspecified atom stereocenters. The molecule has 0 aliphatic rings. The van der Waals surface area contributed by atoms with Crippen molar-refractivity contribution in [2.24, 2.45) is 5.73 Å². The second kappa shape index (κ2) is 5.67. The molecule has 0 fully saturated rings. The summed E-state index contributed by atoms with van der Waals surface area (Å²) in [5.74, 6) is 0. The Labute approximate surface area is 117 Å². The van der Waals surface area contributed by atoms with Crippen LogP contribution in [0.5, 0.6) is 0 Å². The van der Waals surface area contributed by atoms with E-state index in [1.807, 2.05) is 24.6 Å². The van der Waals surface area contributed by atoms with Crippen LogP contribution >= 0.6 is 11.6 Å². The van der Waals surface area contributed by atoms with Crippen molar-refractivity contribution in [3.05, 3.63) is 39.9 Å². The first-order valence-electron chi connectivity index (χ1n) is 6.32. The van der Waals surface area contributed by atoms with Gasteiger partial charge in [-0.05, 0) is 31.9 Å². The minimum atomic E-state index is -0.337. The molecule has 1 atom stereocenters. The minimum absolute atomic E-state index is 0.337. The lowest BCUT2D eigenvalue weighted by Crippen LogP contribution is -2.20. The highest BCUT2D eigenvalue weighted by molar-refractivity contribution is 6.31. The van der Waals surface area contributed by atoms with E-state index < -0.39 is 0 Å². The predicted octanol–water partition coefficient (Wildman–Crippen LogP) is 2.40. The predicted molar refractivity (Wildman–Crippen MR) is 75.1 cm³/mol. The van der Waals surface area contributed by atoms with Crippen LogP contribution in [0.25, 0.3) is 0 Å². The third-order valence-electron chi connectivity index (χ3n) is 3.04. The lowest BCUT2D eigenvalue weighted by Gasteiger charge is -2.16. The van der Waals surface area contributed by atoms with E-state index in [0.717, 1.165) is 35.6 Å². The van der Waals surface area contributed by atoms with Gasteiger partial charge >= 0.3 is 0 Å². The number of hydrogen-bond donors (Lipinski definition) is 1. The van der Waals surface area contributed by atoms with E-state index in [1.54, 1.807) is 6.20 Å². The average Bonchev–Trinajstić information content (AvgIpc) is 2.73. The summed E-state index contributed by atoms with van der Waals surface area (Å²) in [6, 6.07) is 1.61. The molecule has 6 heteroatoms. The van der Waals surface area contributed by atoms with Crippen molar-refractivity contribution in [2.45, 2.75) is 39.8 Å². The third-order valence-corrected chi connectivity index (χ3v) is 3.33. The van der Waals surface area contributed by atoms with E-state index in [2.05, 4.69) is 22.2 Å². The summed E-state index contributed by atoms with van der Waals surface area (Å²) in [5, 5.41) is 13.0. The Morgan fingerprint density at radius 3 is 2.79 bits per heavy atom. The van der Waals surface area contributed by atoms with Crippen LogP contribution in [0, 0.1) is 13.8 Å². The summed E-state index contributed by atoms with van der Waals surface area (Å²) in [7, 11) is 0. The van der Waals surface area contributed by atoms with Crippen LogP contribution in [0.2, 0.25) is 5.02 Å². The normalized spacial score (nSPS) is 12.7. The molecular weight excluding hydrogens is 262 g/mol. The number of halogens is 1. The molecule has 5 nitrogen and oxygen atoms in total. The van der Waals surface area contributed by atoms with Crippen LogP contribution in [-0.2, 0) is 6.54 Å². The molecule has 2 N–H and O–H groups in total. The van der Waals surface area contributed by atoms with Crippen LogP contribution in [0.4, 0.5) is 0 Å². The zero-order valence-corrected chi connectivity index (χ0v) is 12.1. The van der Waals surface area contributed by atoms with Gasteiger partial charge in [-0.1, -0.05) is 18.5 Å². The van der Waals surface area contributed by atoms with Gasteiger partial charge in [0.15, 0.2) is 0 Å². The molecule has 2 heterocycles. The Morgan fingerprint density at radius 2 is 2.11 bits per heavy atom. The maximum absolute atomic E-state index is 6.35. The van der Waals surface area contributed by atoms with Crippen LogP contribution in [0.1, 0.15) is 42.0 Å². The molecule has 19 heavy (non-hydrogen) atoms. The van der Waals surface area contributed by atoms with E-state index in [1.165, 1.54) is 0 Å². The number of nitrogens with two attached hydrogens (primary N) is 1. The van der Waals surface area contributed by atoms with Gasteiger partial charge in [-0.15, -0.1) is 0 Å². The summed E-state index contributed by atoms with van der Waals surface area (Å²) in [6.07, 6.45) is 2.62. The average molecular weight is 280 g/mol. The minimum Gasteiger partial charge on any atom is -0.319 e. The van der Waals surface area contributed by atoms with Gasteiger partial charge in [0.25, 0.3) is 0 Å². The van der Waals surface area contributed by atoms with E-state index in [9.17, 15) is 0 Å². The molecule has 0 amide bonds. The van der Waals surface area contributed by atoms with Crippen molar-refractivity contribution in [3.63, 3.8) is 0 Å². The van der Waals surface area contributed by atoms with Crippen LogP contribution < -0.4 is 5.73 Å². The van der Waals surface area contributed by atoms with E-state index in [0.29, 0.717) is 5.02 Å². The SMILES string of the molecule is CCCn1ncc(Cl)c1C(N)c1cc(C)nnc1C. The summed E-state index contributed by atoms with van der Waals surface area (Å²) in [4.78, 5) is 0. The monoisotopic (exact) mass is 279 g/mol. The van der Waals surface area contributed by atoms with Crippen molar-refractivity contribution in [3.8, 4) is 0 Å². The van der Waals surface area contributed by atoms with Gasteiger partial charge in [0, 0.05) is 6.54 Å². The fourth-order valence-electron chi connectivity index (χ4n) is 2.10. The fourth-order valence-corrected chi connectivity index (χ4v) is 2.36. The molecule has 0 saturated heterocycles. The number of aromatic nitrogens is 4. The first kappa shape index (κ1) is 14.0. The van der Waals surface area contributed by atoms with Crippen LogP contribution in [0.3, 0.4) is 0 Å². The Balaban J connectivity index is 2.46. The smallest absolute Gasteiger partial charge is 0.0837 e. The Hall–Kier alpha value is -1.46. The molecule has 2 aromatic rings. The highest BCUT2D eigenvalue weighted by Gasteiger charge is 2.20. The van der Waals surface area contributed by atoms with Gasteiger partial charge < -0.3 is 5.73 Å². The van der Waals surface area contributed by atoms with E-state index >= 15 is 0 Å². The Bertz CT molecular complexity index is 578. The molecule has 0 spiro atoms. The van der Waals surface area contributed by atoms with Crippen molar-refractivity contribution in [1.29, 1.82) is 0 Å². The second-order valence-corrected chi connectivity index (χ2v) is 5.01. The largest absolute Gasteiger partial charge is 0.319 e. The molecule has 0 aliphatic heterocycles. The molecule has 0 aliphatic carbocycles. The highest BCUT2D eigenvalue weighted by Crippen LogP contribution is 2.27. The van der Waals surface area contributed by atoms with Gasteiger partial charge in [0.2, 0.25) is 0 Å². The summed E-state index contributed by atoms with van der Waals surface area (Å²) >= 11 is 6.22. The number of rotatable bonds is 4. The van der Waals surface area contributed by atoms with Crippen LogP contribution in [0.15, 0.2) is 12.3 Å².